The van der Waals surface area contributed by atoms with Crippen molar-refractivity contribution in [3.63, 3.8) is 0 Å². The molecule has 1 aliphatic rings. The lowest BCUT2D eigenvalue weighted by Crippen LogP contribution is -2.09. The van der Waals surface area contributed by atoms with Crippen molar-refractivity contribution in [2.45, 2.75) is 32.1 Å². The lowest BCUT2D eigenvalue weighted by Gasteiger charge is -2.10. The van der Waals surface area contributed by atoms with Crippen LogP contribution in [0.25, 0.3) is 0 Å². The minimum absolute atomic E-state index is 0.383. The molecule has 4 heteroatoms. The van der Waals surface area contributed by atoms with Crippen molar-refractivity contribution in [2.75, 3.05) is 11.9 Å². The number of hydrogen-bond acceptors (Lipinski definition) is 4. The average molecular weight is 216 g/mol. The number of nitrogens with one attached hydrogen (secondary N) is 1. The highest BCUT2D eigenvalue weighted by Crippen LogP contribution is 2.27. The Labute approximate surface area is 95.7 Å². The second-order valence-electron chi connectivity index (χ2n) is 4.23. The number of aromatic nitrogens is 2. The van der Waals surface area contributed by atoms with Crippen molar-refractivity contribution >= 4 is 5.82 Å². The Morgan fingerprint density at radius 1 is 1.31 bits per heavy atom. The molecule has 0 amide bonds. The Kier molecular flexibility index (Phi) is 3.71. The molecule has 0 radical (unpaired) electrons. The lowest BCUT2D eigenvalue weighted by atomic mass is 10.0. The number of anilines is 1. The summed E-state index contributed by atoms with van der Waals surface area (Å²) in [4.78, 5) is 8.08. The summed E-state index contributed by atoms with van der Waals surface area (Å²) in [5, 5.41) is 12.0. The van der Waals surface area contributed by atoms with Crippen LogP contribution >= 0.6 is 0 Å². The molecule has 4 nitrogen and oxygen atoms in total. The van der Waals surface area contributed by atoms with E-state index in [-0.39, 0.29) is 0 Å². The van der Waals surface area contributed by atoms with Crippen molar-refractivity contribution in [3.8, 4) is 6.07 Å². The molecular formula is C12H16N4. The van der Waals surface area contributed by atoms with Crippen LogP contribution in [0, 0.1) is 17.2 Å². The van der Waals surface area contributed by atoms with E-state index in [4.69, 9.17) is 5.26 Å². The van der Waals surface area contributed by atoms with Crippen LogP contribution in [0.5, 0.6) is 0 Å². The van der Waals surface area contributed by atoms with Gasteiger partial charge in [-0.2, -0.15) is 5.26 Å². The molecule has 0 aromatic carbocycles. The van der Waals surface area contributed by atoms with Gasteiger partial charge < -0.3 is 5.32 Å². The summed E-state index contributed by atoms with van der Waals surface area (Å²) in [5.74, 6) is 1.47. The van der Waals surface area contributed by atoms with Crippen LogP contribution in [-0.2, 0) is 0 Å². The molecule has 1 aromatic heterocycles. The van der Waals surface area contributed by atoms with E-state index in [0.29, 0.717) is 11.5 Å². The third-order valence-electron chi connectivity index (χ3n) is 3.12. The molecule has 16 heavy (non-hydrogen) atoms. The summed E-state index contributed by atoms with van der Waals surface area (Å²) < 4.78 is 0. The van der Waals surface area contributed by atoms with Crippen LogP contribution in [-0.4, -0.2) is 16.5 Å². The largest absolute Gasteiger partial charge is 0.368 e. The molecule has 1 aliphatic carbocycles. The number of nitrogens with zero attached hydrogens (tertiary/aromatic N) is 3. The van der Waals surface area contributed by atoms with Gasteiger partial charge in [0.15, 0.2) is 11.5 Å². The Morgan fingerprint density at radius 2 is 2.06 bits per heavy atom. The molecule has 0 saturated heterocycles. The second-order valence-corrected chi connectivity index (χ2v) is 4.23. The third kappa shape index (κ3) is 2.69. The monoisotopic (exact) mass is 216 g/mol. The van der Waals surface area contributed by atoms with Crippen molar-refractivity contribution < 1.29 is 0 Å². The third-order valence-corrected chi connectivity index (χ3v) is 3.12. The van der Waals surface area contributed by atoms with Gasteiger partial charge in [-0.3, -0.25) is 0 Å². The first-order valence-electron chi connectivity index (χ1n) is 5.85. The normalized spacial score (nSPS) is 15.9. The Morgan fingerprint density at radius 3 is 2.81 bits per heavy atom. The van der Waals surface area contributed by atoms with E-state index in [1.165, 1.54) is 32.1 Å². The molecule has 1 saturated carbocycles. The highest BCUT2D eigenvalue weighted by Gasteiger charge is 2.14. The molecule has 1 heterocycles. The van der Waals surface area contributed by atoms with E-state index in [0.717, 1.165) is 12.5 Å². The summed E-state index contributed by atoms with van der Waals surface area (Å²) >= 11 is 0. The van der Waals surface area contributed by atoms with E-state index >= 15 is 0 Å². The fourth-order valence-corrected chi connectivity index (χ4v) is 2.24. The molecule has 0 unspecified atom stereocenters. The zero-order valence-corrected chi connectivity index (χ0v) is 9.32. The van der Waals surface area contributed by atoms with Crippen molar-refractivity contribution in [1.82, 2.24) is 9.97 Å². The zero-order chi connectivity index (χ0) is 11.2. The summed E-state index contributed by atoms with van der Waals surface area (Å²) in [7, 11) is 0. The molecule has 0 aliphatic heterocycles. The van der Waals surface area contributed by atoms with Crippen LogP contribution in [0.15, 0.2) is 12.4 Å². The Hall–Kier alpha value is -1.63. The Balaban J connectivity index is 1.82. The molecule has 84 valence electrons. The molecule has 2 rings (SSSR count). The SMILES string of the molecule is N#Cc1nccnc1NCCC1CCCC1. The Bertz CT molecular complexity index is 377. The predicted molar refractivity (Wildman–Crippen MR) is 61.8 cm³/mol. The molecule has 1 aromatic rings. The van der Waals surface area contributed by atoms with Gasteiger partial charge >= 0.3 is 0 Å². The zero-order valence-electron chi connectivity index (χ0n) is 9.32. The van der Waals surface area contributed by atoms with E-state index in [1.54, 1.807) is 12.4 Å². The van der Waals surface area contributed by atoms with Gasteiger partial charge in [0.2, 0.25) is 0 Å². The summed E-state index contributed by atoms with van der Waals surface area (Å²) in [6.07, 6.45) is 9.78. The maximum absolute atomic E-state index is 8.84. The van der Waals surface area contributed by atoms with Gasteiger partial charge in [0.25, 0.3) is 0 Å². The maximum atomic E-state index is 8.84. The smallest absolute Gasteiger partial charge is 0.182 e. The fraction of sp³-hybridized carbons (Fsp3) is 0.583. The average Bonchev–Trinajstić information content (AvgIpc) is 2.83. The van der Waals surface area contributed by atoms with Crippen LogP contribution in [0.3, 0.4) is 0 Å². The van der Waals surface area contributed by atoms with Crippen LogP contribution < -0.4 is 5.32 Å². The van der Waals surface area contributed by atoms with Gasteiger partial charge in [-0.05, 0) is 12.3 Å². The van der Waals surface area contributed by atoms with Gasteiger partial charge in [-0.25, -0.2) is 9.97 Å². The standard InChI is InChI=1S/C12H16N4/c13-9-11-12(16-8-7-14-11)15-6-5-10-3-1-2-4-10/h7-8,10H,1-6H2,(H,15,16). The van der Waals surface area contributed by atoms with Gasteiger partial charge in [-0.15, -0.1) is 0 Å². The lowest BCUT2D eigenvalue weighted by molar-refractivity contribution is 0.518. The quantitative estimate of drug-likeness (QED) is 0.839. The minimum atomic E-state index is 0.383. The summed E-state index contributed by atoms with van der Waals surface area (Å²) in [6, 6.07) is 2.04. The van der Waals surface area contributed by atoms with E-state index in [1.807, 2.05) is 6.07 Å². The topological polar surface area (TPSA) is 61.6 Å². The first kappa shape index (κ1) is 10.9. The van der Waals surface area contributed by atoms with Crippen molar-refractivity contribution in [3.05, 3.63) is 18.1 Å². The van der Waals surface area contributed by atoms with Gasteiger partial charge in [0, 0.05) is 18.9 Å². The van der Waals surface area contributed by atoms with Gasteiger partial charge in [0.05, 0.1) is 0 Å². The van der Waals surface area contributed by atoms with Gasteiger partial charge in [-0.1, -0.05) is 25.7 Å². The minimum Gasteiger partial charge on any atom is -0.368 e. The molecular weight excluding hydrogens is 200 g/mol. The number of hydrogen-bond donors (Lipinski definition) is 1. The molecule has 1 N–H and O–H groups in total. The molecule has 0 spiro atoms. The second kappa shape index (κ2) is 5.45. The summed E-state index contributed by atoms with van der Waals surface area (Å²) in [5.41, 5.74) is 0.383. The fourth-order valence-electron chi connectivity index (χ4n) is 2.24. The summed E-state index contributed by atoms with van der Waals surface area (Å²) in [6.45, 7) is 0.887. The number of rotatable bonds is 4. The van der Waals surface area contributed by atoms with Crippen molar-refractivity contribution in [2.24, 2.45) is 5.92 Å². The number of nitriles is 1. The van der Waals surface area contributed by atoms with E-state index in [9.17, 15) is 0 Å². The van der Waals surface area contributed by atoms with E-state index in [2.05, 4.69) is 15.3 Å². The first-order chi connectivity index (χ1) is 7.90. The maximum Gasteiger partial charge on any atom is 0.182 e. The molecule has 0 bridgehead atoms. The van der Waals surface area contributed by atoms with Crippen LogP contribution in [0.2, 0.25) is 0 Å². The highest BCUT2D eigenvalue weighted by molar-refractivity contribution is 5.46. The molecule has 0 atom stereocenters. The highest BCUT2D eigenvalue weighted by atomic mass is 15.0. The van der Waals surface area contributed by atoms with Crippen molar-refractivity contribution in [1.29, 1.82) is 5.26 Å². The predicted octanol–water partition coefficient (Wildman–Crippen LogP) is 2.34. The van der Waals surface area contributed by atoms with Crippen LogP contribution in [0.1, 0.15) is 37.8 Å². The van der Waals surface area contributed by atoms with Gasteiger partial charge in [0.1, 0.15) is 6.07 Å². The van der Waals surface area contributed by atoms with E-state index < -0.39 is 0 Å². The van der Waals surface area contributed by atoms with Crippen LogP contribution in [0.4, 0.5) is 5.82 Å². The molecule has 1 fully saturated rings. The first-order valence-corrected chi connectivity index (χ1v) is 5.85.